The lowest BCUT2D eigenvalue weighted by Gasteiger charge is -2.34. The molecule has 5 nitrogen and oxygen atoms in total. The van der Waals surface area contributed by atoms with Crippen molar-refractivity contribution in [2.24, 2.45) is 5.73 Å². The Balaban J connectivity index is 1.95. The molecule has 0 saturated carbocycles. The third kappa shape index (κ3) is 3.14. The van der Waals surface area contributed by atoms with Gasteiger partial charge in [0.05, 0.1) is 5.69 Å². The lowest BCUT2D eigenvalue weighted by Crippen LogP contribution is -2.47. The average Bonchev–Trinajstić information content (AvgIpc) is 2.40. The first kappa shape index (κ1) is 12.3. The molecular formula is C12H21N5. The Morgan fingerprint density at radius 3 is 2.71 bits per heavy atom. The van der Waals surface area contributed by atoms with Crippen molar-refractivity contribution in [3.8, 4) is 0 Å². The summed E-state index contributed by atoms with van der Waals surface area (Å²) in [6.07, 6.45) is 3.02. The van der Waals surface area contributed by atoms with Gasteiger partial charge in [-0.3, -0.25) is 4.90 Å². The first-order valence-electron chi connectivity index (χ1n) is 6.32. The molecule has 0 atom stereocenters. The minimum atomic E-state index is 0.477. The fourth-order valence-corrected chi connectivity index (χ4v) is 2.14. The van der Waals surface area contributed by atoms with Crippen LogP contribution in [0.3, 0.4) is 0 Å². The van der Waals surface area contributed by atoms with Gasteiger partial charge in [0.15, 0.2) is 0 Å². The molecule has 0 aliphatic carbocycles. The number of anilines is 1. The molecule has 0 amide bonds. The van der Waals surface area contributed by atoms with Crippen LogP contribution in [0, 0.1) is 0 Å². The molecule has 2 heterocycles. The molecule has 0 radical (unpaired) electrons. The van der Waals surface area contributed by atoms with E-state index >= 15 is 0 Å². The van der Waals surface area contributed by atoms with E-state index < -0.39 is 0 Å². The minimum Gasteiger partial charge on any atom is -0.338 e. The molecule has 2 N–H and O–H groups in total. The third-order valence-corrected chi connectivity index (χ3v) is 3.10. The van der Waals surface area contributed by atoms with Crippen molar-refractivity contribution in [3.63, 3.8) is 0 Å². The van der Waals surface area contributed by atoms with E-state index in [1.807, 2.05) is 6.07 Å². The minimum absolute atomic E-state index is 0.477. The van der Waals surface area contributed by atoms with Crippen molar-refractivity contribution in [2.75, 3.05) is 37.6 Å². The molecule has 1 aliphatic heterocycles. The summed E-state index contributed by atoms with van der Waals surface area (Å²) >= 11 is 0. The molecule has 0 spiro atoms. The van der Waals surface area contributed by atoms with Gasteiger partial charge in [-0.1, -0.05) is 6.92 Å². The highest BCUT2D eigenvalue weighted by Crippen LogP contribution is 2.11. The van der Waals surface area contributed by atoms with Crippen LogP contribution in [0.15, 0.2) is 12.3 Å². The average molecular weight is 235 g/mol. The van der Waals surface area contributed by atoms with Crippen molar-refractivity contribution in [2.45, 2.75) is 19.9 Å². The van der Waals surface area contributed by atoms with Gasteiger partial charge in [-0.25, -0.2) is 9.97 Å². The van der Waals surface area contributed by atoms with Gasteiger partial charge in [0.1, 0.15) is 0 Å². The topological polar surface area (TPSA) is 58.3 Å². The second kappa shape index (κ2) is 5.93. The monoisotopic (exact) mass is 235 g/mol. The van der Waals surface area contributed by atoms with Crippen LogP contribution in [-0.2, 0) is 6.54 Å². The molecule has 1 saturated heterocycles. The SMILES string of the molecule is CCCN1CCN(c2nccc(CN)n2)CC1. The summed E-state index contributed by atoms with van der Waals surface area (Å²) in [6.45, 7) is 8.11. The van der Waals surface area contributed by atoms with Gasteiger partial charge in [0.2, 0.25) is 5.95 Å². The van der Waals surface area contributed by atoms with Gasteiger partial charge in [-0.2, -0.15) is 0 Å². The summed E-state index contributed by atoms with van der Waals surface area (Å²) in [6, 6.07) is 1.87. The van der Waals surface area contributed by atoms with Gasteiger partial charge < -0.3 is 10.6 Å². The fraction of sp³-hybridized carbons (Fsp3) is 0.667. The fourth-order valence-electron chi connectivity index (χ4n) is 2.14. The highest BCUT2D eigenvalue weighted by molar-refractivity contribution is 5.31. The maximum absolute atomic E-state index is 5.59. The molecular weight excluding hydrogens is 214 g/mol. The summed E-state index contributed by atoms with van der Waals surface area (Å²) in [5.41, 5.74) is 6.50. The number of aromatic nitrogens is 2. The Bertz CT molecular complexity index is 347. The summed E-state index contributed by atoms with van der Waals surface area (Å²) in [7, 11) is 0. The van der Waals surface area contributed by atoms with E-state index in [1.165, 1.54) is 13.0 Å². The standard InChI is InChI=1S/C12H21N5/c1-2-5-16-6-8-17(9-7-16)12-14-4-3-11(10-13)15-12/h3-4H,2,5-10,13H2,1H3. The van der Waals surface area contributed by atoms with Crippen molar-refractivity contribution >= 4 is 5.95 Å². The van der Waals surface area contributed by atoms with E-state index in [0.29, 0.717) is 6.54 Å². The van der Waals surface area contributed by atoms with Crippen molar-refractivity contribution in [1.82, 2.24) is 14.9 Å². The molecule has 2 rings (SSSR count). The Hall–Kier alpha value is -1.20. The largest absolute Gasteiger partial charge is 0.338 e. The molecule has 1 aromatic rings. The number of rotatable bonds is 4. The zero-order valence-electron chi connectivity index (χ0n) is 10.5. The summed E-state index contributed by atoms with van der Waals surface area (Å²) < 4.78 is 0. The summed E-state index contributed by atoms with van der Waals surface area (Å²) in [5.74, 6) is 0.823. The van der Waals surface area contributed by atoms with Crippen molar-refractivity contribution in [1.29, 1.82) is 0 Å². The zero-order chi connectivity index (χ0) is 12.1. The third-order valence-electron chi connectivity index (χ3n) is 3.10. The van der Waals surface area contributed by atoms with E-state index in [4.69, 9.17) is 5.73 Å². The molecule has 0 bridgehead atoms. The van der Waals surface area contributed by atoms with Crippen LogP contribution in [0.5, 0.6) is 0 Å². The van der Waals surface area contributed by atoms with E-state index in [-0.39, 0.29) is 0 Å². The van der Waals surface area contributed by atoms with E-state index in [1.54, 1.807) is 6.20 Å². The number of hydrogen-bond acceptors (Lipinski definition) is 5. The van der Waals surface area contributed by atoms with E-state index in [2.05, 4.69) is 26.7 Å². The van der Waals surface area contributed by atoms with Gasteiger partial charge in [0, 0.05) is 38.9 Å². The van der Waals surface area contributed by atoms with Gasteiger partial charge in [0.25, 0.3) is 0 Å². The molecule has 1 aliphatic rings. The van der Waals surface area contributed by atoms with Crippen LogP contribution in [0.25, 0.3) is 0 Å². The Morgan fingerprint density at radius 2 is 2.06 bits per heavy atom. The number of nitrogens with two attached hydrogens (primary N) is 1. The predicted molar refractivity (Wildman–Crippen MR) is 68.9 cm³/mol. The second-order valence-corrected chi connectivity index (χ2v) is 4.38. The van der Waals surface area contributed by atoms with E-state index in [9.17, 15) is 0 Å². The molecule has 0 aromatic carbocycles. The highest BCUT2D eigenvalue weighted by atomic mass is 15.3. The lowest BCUT2D eigenvalue weighted by molar-refractivity contribution is 0.257. The normalized spacial score (nSPS) is 17.4. The molecule has 1 aromatic heterocycles. The molecule has 17 heavy (non-hydrogen) atoms. The van der Waals surface area contributed by atoms with Gasteiger partial charge in [-0.15, -0.1) is 0 Å². The smallest absolute Gasteiger partial charge is 0.225 e. The predicted octanol–water partition coefficient (Wildman–Crippen LogP) is 0.467. The van der Waals surface area contributed by atoms with Gasteiger partial charge >= 0.3 is 0 Å². The van der Waals surface area contributed by atoms with Crippen molar-refractivity contribution < 1.29 is 0 Å². The first-order valence-corrected chi connectivity index (χ1v) is 6.32. The second-order valence-electron chi connectivity index (χ2n) is 4.38. The number of hydrogen-bond donors (Lipinski definition) is 1. The van der Waals surface area contributed by atoms with Crippen LogP contribution < -0.4 is 10.6 Å². The quantitative estimate of drug-likeness (QED) is 0.822. The Kier molecular flexibility index (Phi) is 4.28. The molecule has 5 heteroatoms. The zero-order valence-corrected chi connectivity index (χ0v) is 10.5. The van der Waals surface area contributed by atoms with Crippen LogP contribution >= 0.6 is 0 Å². The van der Waals surface area contributed by atoms with Crippen LogP contribution in [0.1, 0.15) is 19.0 Å². The summed E-state index contributed by atoms with van der Waals surface area (Å²) in [4.78, 5) is 13.5. The number of piperazine rings is 1. The van der Waals surface area contributed by atoms with Crippen molar-refractivity contribution in [3.05, 3.63) is 18.0 Å². The maximum atomic E-state index is 5.59. The highest BCUT2D eigenvalue weighted by Gasteiger charge is 2.18. The van der Waals surface area contributed by atoms with Crippen LogP contribution in [-0.4, -0.2) is 47.6 Å². The Morgan fingerprint density at radius 1 is 1.29 bits per heavy atom. The lowest BCUT2D eigenvalue weighted by atomic mass is 10.3. The maximum Gasteiger partial charge on any atom is 0.225 e. The molecule has 1 fully saturated rings. The first-order chi connectivity index (χ1) is 8.33. The van der Waals surface area contributed by atoms with Crippen LogP contribution in [0.4, 0.5) is 5.95 Å². The molecule has 94 valence electrons. The Labute approximate surface area is 103 Å². The van der Waals surface area contributed by atoms with E-state index in [0.717, 1.165) is 37.8 Å². The van der Waals surface area contributed by atoms with Gasteiger partial charge in [-0.05, 0) is 19.0 Å². The van der Waals surface area contributed by atoms with Crippen LogP contribution in [0.2, 0.25) is 0 Å². The number of nitrogens with zero attached hydrogens (tertiary/aromatic N) is 4. The molecule has 0 unspecified atom stereocenters. The summed E-state index contributed by atoms with van der Waals surface area (Å²) in [5, 5.41) is 0.